The van der Waals surface area contributed by atoms with Gasteiger partial charge in [-0.05, 0) is 31.2 Å². The number of rotatable bonds is 3. The Balaban J connectivity index is 2.68. The van der Waals surface area contributed by atoms with E-state index in [4.69, 9.17) is 0 Å². The quantitative estimate of drug-likeness (QED) is 0.649. The van der Waals surface area contributed by atoms with Crippen molar-refractivity contribution in [3.8, 4) is 0 Å². The zero-order valence-corrected chi connectivity index (χ0v) is 9.33. The van der Waals surface area contributed by atoms with Gasteiger partial charge in [-0.1, -0.05) is 0 Å². The SMILES string of the molecule is CC(O)Cc1ccc2ncccc2c1[N+](=O)[O-]. The van der Waals surface area contributed by atoms with Gasteiger partial charge in [0.05, 0.1) is 21.9 Å². The van der Waals surface area contributed by atoms with Gasteiger partial charge in [-0.3, -0.25) is 15.1 Å². The second kappa shape index (κ2) is 4.47. The molecule has 1 aromatic heterocycles. The molecule has 1 heterocycles. The number of nitro groups is 1. The number of benzene rings is 1. The van der Waals surface area contributed by atoms with E-state index < -0.39 is 11.0 Å². The molecule has 88 valence electrons. The standard InChI is InChI=1S/C12H12N2O3/c1-8(15)7-9-4-5-11-10(3-2-6-13-11)12(9)14(16)17/h2-6,8,15H,7H2,1H3. The molecule has 0 aliphatic heterocycles. The monoisotopic (exact) mass is 232 g/mol. The van der Waals surface area contributed by atoms with Crippen molar-refractivity contribution in [2.75, 3.05) is 0 Å². The Kier molecular flexibility index (Phi) is 3.01. The van der Waals surface area contributed by atoms with Crippen LogP contribution in [-0.2, 0) is 6.42 Å². The Hall–Kier alpha value is -2.01. The number of aliphatic hydroxyl groups excluding tert-OH is 1. The zero-order valence-electron chi connectivity index (χ0n) is 9.33. The van der Waals surface area contributed by atoms with E-state index >= 15 is 0 Å². The van der Waals surface area contributed by atoms with Gasteiger partial charge < -0.3 is 5.11 Å². The van der Waals surface area contributed by atoms with Crippen molar-refractivity contribution in [3.05, 3.63) is 46.1 Å². The topological polar surface area (TPSA) is 76.3 Å². The van der Waals surface area contributed by atoms with Crippen molar-refractivity contribution in [1.29, 1.82) is 0 Å². The molecule has 2 aromatic rings. The average Bonchev–Trinajstić information content (AvgIpc) is 2.27. The molecule has 0 fully saturated rings. The Labute approximate surface area is 97.9 Å². The van der Waals surface area contributed by atoms with E-state index in [0.29, 0.717) is 16.5 Å². The van der Waals surface area contributed by atoms with Crippen LogP contribution in [0.5, 0.6) is 0 Å². The first-order chi connectivity index (χ1) is 8.09. The van der Waals surface area contributed by atoms with Crippen molar-refractivity contribution in [2.24, 2.45) is 0 Å². The van der Waals surface area contributed by atoms with E-state index in [-0.39, 0.29) is 12.1 Å². The predicted octanol–water partition coefficient (Wildman–Crippen LogP) is 2.07. The summed E-state index contributed by atoms with van der Waals surface area (Å²) in [6, 6.07) is 6.73. The Bertz CT molecular complexity index is 567. The van der Waals surface area contributed by atoms with E-state index in [9.17, 15) is 15.2 Å². The van der Waals surface area contributed by atoms with E-state index in [0.717, 1.165) is 0 Å². The number of nitro benzene ring substituents is 1. The summed E-state index contributed by atoms with van der Waals surface area (Å²) in [4.78, 5) is 14.8. The summed E-state index contributed by atoms with van der Waals surface area (Å²) < 4.78 is 0. The average molecular weight is 232 g/mol. The van der Waals surface area contributed by atoms with Crippen LogP contribution in [0.4, 0.5) is 5.69 Å². The molecular weight excluding hydrogens is 220 g/mol. The first-order valence-corrected chi connectivity index (χ1v) is 5.28. The maximum absolute atomic E-state index is 11.1. The fourth-order valence-corrected chi connectivity index (χ4v) is 1.88. The molecule has 1 N–H and O–H groups in total. The van der Waals surface area contributed by atoms with Crippen LogP contribution in [0.15, 0.2) is 30.5 Å². The molecule has 0 aliphatic rings. The molecule has 1 aromatic carbocycles. The van der Waals surface area contributed by atoms with Crippen LogP contribution in [0, 0.1) is 10.1 Å². The number of pyridine rings is 1. The maximum atomic E-state index is 11.1. The van der Waals surface area contributed by atoms with Crippen molar-refractivity contribution >= 4 is 16.6 Å². The highest BCUT2D eigenvalue weighted by molar-refractivity contribution is 5.89. The molecule has 17 heavy (non-hydrogen) atoms. The van der Waals surface area contributed by atoms with Gasteiger partial charge in [-0.2, -0.15) is 0 Å². The van der Waals surface area contributed by atoms with Crippen LogP contribution in [0.2, 0.25) is 0 Å². The molecule has 0 spiro atoms. The van der Waals surface area contributed by atoms with E-state index in [1.807, 2.05) is 0 Å². The fourth-order valence-electron chi connectivity index (χ4n) is 1.88. The van der Waals surface area contributed by atoms with Crippen LogP contribution in [0.3, 0.4) is 0 Å². The largest absolute Gasteiger partial charge is 0.393 e. The highest BCUT2D eigenvalue weighted by Crippen LogP contribution is 2.29. The second-order valence-electron chi connectivity index (χ2n) is 3.95. The number of fused-ring (bicyclic) bond motifs is 1. The second-order valence-corrected chi connectivity index (χ2v) is 3.95. The van der Waals surface area contributed by atoms with Gasteiger partial charge in [0, 0.05) is 18.2 Å². The van der Waals surface area contributed by atoms with Gasteiger partial charge in [0.25, 0.3) is 5.69 Å². The van der Waals surface area contributed by atoms with Crippen molar-refractivity contribution in [1.82, 2.24) is 4.98 Å². The fraction of sp³-hybridized carbons (Fsp3) is 0.250. The van der Waals surface area contributed by atoms with Gasteiger partial charge in [0.15, 0.2) is 0 Å². The summed E-state index contributed by atoms with van der Waals surface area (Å²) in [5, 5.41) is 21.0. The summed E-state index contributed by atoms with van der Waals surface area (Å²) in [6.07, 6.45) is 1.25. The number of hydrogen-bond donors (Lipinski definition) is 1. The molecule has 0 saturated carbocycles. The summed E-state index contributed by atoms with van der Waals surface area (Å²) in [7, 11) is 0. The minimum atomic E-state index is -0.608. The van der Waals surface area contributed by atoms with E-state index in [1.54, 1.807) is 37.4 Å². The van der Waals surface area contributed by atoms with Gasteiger partial charge >= 0.3 is 0 Å². The Morgan fingerprint density at radius 3 is 2.88 bits per heavy atom. The van der Waals surface area contributed by atoms with Crippen LogP contribution < -0.4 is 0 Å². The molecule has 5 heteroatoms. The van der Waals surface area contributed by atoms with Crippen LogP contribution in [0.25, 0.3) is 10.9 Å². The summed E-state index contributed by atoms with van der Waals surface area (Å²) >= 11 is 0. The lowest BCUT2D eigenvalue weighted by Gasteiger charge is -2.07. The highest BCUT2D eigenvalue weighted by atomic mass is 16.6. The molecule has 0 saturated heterocycles. The normalized spacial score (nSPS) is 12.6. The Morgan fingerprint density at radius 1 is 1.47 bits per heavy atom. The van der Waals surface area contributed by atoms with Crippen molar-refractivity contribution in [3.63, 3.8) is 0 Å². The molecule has 0 radical (unpaired) electrons. The third-order valence-electron chi connectivity index (χ3n) is 2.54. The van der Waals surface area contributed by atoms with Crippen molar-refractivity contribution < 1.29 is 10.0 Å². The lowest BCUT2D eigenvalue weighted by molar-refractivity contribution is -0.383. The molecule has 0 aliphatic carbocycles. The smallest absolute Gasteiger partial charge is 0.282 e. The van der Waals surface area contributed by atoms with Crippen LogP contribution in [-0.4, -0.2) is 21.1 Å². The molecule has 0 bridgehead atoms. The van der Waals surface area contributed by atoms with Gasteiger partial charge in [-0.15, -0.1) is 0 Å². The first kappa shape index (κ1) is 11.5. The summed E-state index contributed by atoms with van der Waals surface area (Å²) in [5.41, 5.74) is 1.16. The van der Waals surface area contributed by atoms with Crippen LogP contribution in [0.1, 0.15) is 12.5 Å². The molecule has 0 amide bonds. The minimum absolute atomic E-state index is 0.0384. The number of aromatic nitrogens is 1. The summed E-state index contributed by atoms with van der Waals surface area (Å²) in [5.74, 6) is 0. The Morgan fingerprint density at radius 2 is 2.24 bits per heavy atom. The van der Waals surface area contributed by atoms with E-state index in [1.165, 1.54) is 0 Å². The van der Waals surface area contributed by atoms with Gasteiger partial charge in [0.2, 0.25) is 0 Å². The molecule has 1 atom stereocenters. The van der Waals surface area contributed by atoms with Crippen LogP contribution >= 0.6 is 0 Å². The minimum Gasteiger partial charge on any atom is -0.393 e. The van der Waals surface area contributed by atoms with Gasteiger partial charge in [0.1, 0.15) is 0 Å². The summed E-state index contributed by atoms with van der Waals surface area (Å²) in [6.45, 7) is 1.61. The third-order valence-corrected chi connectivity index (χ3v) is 2.54. The lowest BCUT2D eigenvalue weighted by atomic mass is 10.0. The molecule has 2 rings (SSSR count). The molecule has 5 nitrogen and oxygen atoms in total. The van der Waals surface area contributed by atoms with Gasteiger partial charge in [-0.25, -0.2) is 0 Å². The number of aliphatic hydroxyl groups is 1. The predicted molar refractivity (Wildman–Crippen MR) is 63.8 cm³/mol. The molecule has 1 unspecified atom stereocenters. The van der Waals surface area contributed by atoms with Crippen molar-refractivity contribution in [2.45, 2.75) is 19.4 Å². The lowest BCUT2D eigenvalue weighted by Crippen LogP contribution is -2.07. The number of nitrogens with zero attached hydrogens (tertiary/aromatic N) is 2. The maximum Gasteiger partial charge on any atom is 0.282 e. The van der Waals surface area contributed by atoms with E-state index in [2.05, 4.69) is 4.98 Å². The number of hydrogen-bond acceptors (Lipinski definition) is 4. The zero-order chi connectivity index (χ0) is 12.4. The first-order valence-electron chi connectivity index (χ1n) is 5.28. The highest BCUT2D eigenvalue weighted by Gasteiger charge is 2.19. The third kappa shape index (κ3) is 2.24. The molecular formula is C12H12N2O3.